The van der Waals surface area contributed by atoms with Crippen LogP contribution in [0.25, 0.3) is 0 Å². The molecule has 1 aliphatic rings. The summed E-state index contributed by atoms with van der Waals surface area (Å²) in [7, 11) is 0. The molecule has 1 fully saturated rings. The fourth-order valence-corrected chi connectivity index (χ4v) is 1.79. The maximum atomic E-state index is 13.0. The molecule has 17 heavy (non-hydrogen) atoms. The molecule has 2 rings (SSSR count). The largest absolute Gasteiger partial charge is 0.361 e. The van der Waals surface area contributed by atoms with E-state index in [2.05, 4.69) is 5.32 Å². The summed E-state index contributed by atoms with van der Waals surface area (Å²) in [5.74, 6) is -1.80. The molecule has 2 atom stereocenters. The van der Waals surface area contributed by atoms with Gasteiger partial charge in [-0.05, 0) is 19.1 Å². The molecule has 1 aromatic rings. The molecule has 2 unspecified atom stereocenters. The predicted octanol–water partition coefficient (Wildman–Crippen LogP) is 2.01. The molecule has 1 heterocycles. The Bertz CT molecular complexity index is 359. The highest BCUT2D eigenvalue weighted by Gasteiger charge is 2.39. The van der Waals surface area contributed by atoms with Crippen LogP contribution in [-0.4, -0.2) is 24.3 Å². The maximum Gasteiger partial charge on any atom is 0.208 e. The molecule has 1 saturated heterocycles. The summed E-state index contributed by atoms with van der Waals surface area (Å²) in [6.45, 7) is 6.92. The van der Waals surface area contributed by atoms with Crippen LogP contribution in [0.2, 0.25) is 0 Å². The van der Waals surface area contributed by atoms with Gasteiger partial charge in [0.05, 0.1) is 12.6 Å². The topological polar surface area (TPSA) is 41.5 Å². The van der Waals surface area contributed by atoms with Crippen molar-refractivity contribution in [3.8, 4) is 0 Å². The van der Waals surface area contributed by atoms with Crippen molar-refractivity contribution in [3.05, 3.63) is 35.6 Å². The van der Waals surface area contributed by atoms with Crippen molar-refractivity contribution in [1.82, 2.24) is 5.32 Å². The fourth-order valence-electron chi connectivity index (χ4n) is 1.79. The van der Waals surface area contributed by atoms with Crippen LogP contribution in [0.15, 0.2) is 24.3 Å². The van der Waals surface area contributed by atoms with E-state index in [0.717, 1.165) is 0 Å². The lowest BCUT2D eigenvalue weighted by Crippen LogP contribution is -2.54. The second-order valence-corrected chi connectivity index (χ2v) is 3.73. The highest BCUT2D eigenvalue weighted by Crippen LogP contribution is 2.28. The van der Waals surface area contributed by atoms with Crippen LogP contribution in [0.5, 0.6) is 0 Å². The van der Waals surface area contributed by atoms with E-state index < -0.39 is 5.79 Å². The van der Waals surface area contributed by atoms with Crippen molar-refractivity contribution in [2.75, 3.05) is 13.2 Å². The van der Waals surface area contributed by atoms with Crippen molar-refractivity contribution >= 4 is 0 Å². The van der Waals surface area contributed by atoms with Crippen LogP contribution in [0.3, 0.4) is 0 Å². The minimum atomic E-state index is -1.43. The van der Waals surface area contributed by atoms with Gasteiger partial charge in [-0.25, -0.2) is 4.39 Å². The average molecular weight is 241 g/mol. The van der Waals surface area contributed by atoms with Gasteiger partial charge in [0.15, 0.2) is 0 Å². The summed E-state index contributed by atoms with van der Waals surface area (Å²) in [6, 6.07) is 5.60. The maximum absolute atomic E-state index is 13.0. The summed E-state index contributed by atoms with van der Waals surface area (Å²) in [4.78, 5) is 0. The average Bonchev–Trinajstić information content (AvgIpc) is 2.36. The van der Waals surface area contributed by atoms with Crippen LogP contribution in [0, 0.1) is 5.82 Å². The standard InChI is InChI=1S/C11H14FNO2.C2H6/c1-8-11(14,15-6-5-13-8)9-3-2-4-10(12)7-9;1-2/h2-4,7-8,13-14H,5-6H2,1H3;1-2H3. The molecular weight excluding hydrogens is 221 g/mol. The number of benzene rings is 1. The molecule has 0 bridgehead atoms. The van der Waals surface area contributed by atoms with Gasteiger partial charge in [0.25, 0.3) is 0 Å². The Hall–Kier alpha value is -0.970. The van der Waals surface area contributed by atoms with E-state index in [4.69, 9.17) is 4.74 Å². The highest BCUT2D eigenvalue weighted by molar-refractivity contribution is 5.23. The van der Waals surface area contributed by atoms with Crippen molar-refractivity contribution in [3.63, 3.8) is 0 Å². The molecule has 2 N–H and O–H groups in total. The smallest absolute Gasteiger partial charge is 0.208 e. The molecule has 0 aliphatic carbocycles. The Balaban J connectivity index is 0.000000686. The van der Waals surface area contributed by atoms with Gasteiger partial charge < -0.3 is 15.2 Å². The molecular formula is C13H20FNO2. The van der Waals surface area contributed by atoms with Gasteiger partial charge in [0.1, 0.15) is 5.82 Å². The third-order valence-electron chi connectivity index (χ3n) is 2.70. The number of nitrogens with one attached hydrogen (secondary N) is 1. The molecule has 1 aromatic carbocycles. The molecule has 4 heteroatoms. The van der Waals surface area contributed by atoms with E-state index >= 15 is 0 Å². The van der Waals surface area contributed by atoms with Gasteiger partial charge in [-0.1, -0.05) is 26.0 Å². The molecule has 96 valence electrons. The molecule has 0 spiro atoms. The SMILES string of the molecule is CC.CC1NCCOC1(O)c1cccc(F)c1. The summed E-state index contributed by atoms with van der Waals surface area (Å²) in [5, 5.41) is 13.4. The minimum absolute atomic E-state index is 0.256. The van der Waals surface area contributed by atoms with Crippen LogP contribution in [0.4, 0.5) is 4.39 Å². The van der Waals surface area contributed by atoms with Gasteiger partial charge in [-0.3, -0.25) is 0 Å². The van der Waals surface area contributed by atoms with Gasteiger partial charge in [-0.15, -0.1) is 0 Å². The van der Waals surface area contributed by atoms with E-state index in [1.165, 1.54) is 12.1 Å². The number of hydrogen-bond acceptors (Lipinski definition) is 3. The molecule has 1 aliphatic heterocycles. The number of morpholine rings is 1. The Kier molecular flexibility index (Phi) is 5.05. The Labute approximate surface area is 102 Å². The first-order valence-corrected chi connectivity index (χ1v) is 5.99. The third-order valence-corrected chi connectivity index (χ3v) is 2.70. The monoisotopic (exact) mass is 241 g/mol. The van der Waals surface area contributed by atoms with E-state index in [0.29, 0.717) is 18.7 Å². The van der Waals surface area contributed by atoms with Gasteiger partial charge >= 0.3 is 0 Å². The normalized spacial score (nSPS) is 28.2. The van der Waals surface area contributed by atoms with E-state index in [1.807, 2.05) is 20.8 Å². The first-order chi connectivity index (χ1) is 8.13. The van der Waals surface area contributed by atoms with Crippen LogP contribution < -0.4 is 5.32 Å². The lowest BCUT2D eigenvalue weighted by molar-refractivity contribution is -0.245. The first-order valence-electron chi connectivity index (χ1n) is 5.99. The van der Waals surface area contributed by atoms with Crippen molar-refractivity contribution < 1.29 is 14.2 Å². The number of rotatable bonds is 1. The predicted molar refractivity (Wildman–Crippen MR) is 65.1 cm³/mol. The second-order valence-electron chi connectivity index (χ2n) is 3.73. The summed E-state index contributed by atoms with van der Waals surface area (Å²) >= 11 is 0. The van der Waals surface area contributed by atoms with E-state index in [9.17, 15) is 9.50 Å². The Morgan fingerprint density at radius 2 is 2.18 bits per heavy atom. The summed E-state index contributed by atoms with van der Waals surface area (Å²) in [5.41, 5.74) is 0.446. The van der Waals surface area contributed by atoms with Gasteiger partial charge in [0.2, 0.25) is 5.79 Å². The van der Waals surface area contributed by atoms with E-state index in [-0.39, 0.29) is 11.9 Å². The highest BCUT2D eigenvalue weighted by atomic mass is 19.1. The molecule has 0 aromatic heterocycles. The number of hydrogen-bond donors (Lipinski definition) is 2. The number of halogens is 1. The lowest BCUT2D eigenvalue weighted by atomic mass is 9.97. The first kappa shape index (κ1) is 14.1. The zero-order chi connectivity index (χ0) is 12.9. The number of ether oxygens (including phenoxy) is 1. The molecule has 0 radical (unpaired) electrons. The molecule has 0 saturated carbocycles. The third kappa shape index (κ3) is 3.03. The van der Waals surface area contributed by atoms with Crippen LogP contribution in [-0.2, 0) is 10.5 Å². The minimum Gasteiger partial charge on any atom is -0.361 e. The summed E-state index contributed by atoms with van der Waals surface area (Å²) in [6.07, 6.45) is 0. The van der Waals surface area contributed by atoms with Gasteiger partial charge in [0, 0.05) is 12.1 Å². The van der Waals surface area contributed by atoms with Gasteiger partial charge in [-0.2, -0.15) is 0 Å². The number of aliphatic hydroxyl groups is 1. The molecule has 3 nitrogen and oxygen atoms in total. The molecule has 0 amide bonds. The van der Waals surface area contributed by atoms with Crippen LogP contribution in [0.1, 0.15) is 26.3 Å². The Morgan fingerprint density at radius 1 is 1.47 bits per heavy atom. The van der Waals surface area contributed by atoms with Crippen molar-refractivity contribution in [1.29, 1.82) is 0 Å². The van der Waals surface area contributed by atoms with Crippen molar-refractivity contribution in [2.45, 2.75) is 32.6 Å². The van der Waals surface area contributed by atoms with E-state index in [1.54, 1.807) is 12.1 Å². The van der Waals surface area contributed by atoms with Crippen molar-refractivity contribution in [2.24, 2.45) is 0 Å². The van der Waals surface area contributed by atoms with Crippen LogP contribution >= 0.6 is 0 Å². The quantitative estimate of drug-likeness (QED) is 0.790. The zero-order valence-corrected chi connectivity index (χ0v) is 10.5. The summed E-state index contributed by atoms with van der Waals surface area (Å²) < 4.78 is 18.4. The second kappa shape index (κ2) is 6.10. The Morgan fingerprint density at radius 3 is 2.76 bits per heavy atom. The zero-order valence-electron chi connectivity index (χ0n) is 10.5. The lowest BCUT2D eigenvalue weighted by Gasteiger charge is -2.38. The fraction of sp³-hybridized carbons (Fsp3) is 0.538.